The molecule has 1 fully saturated rings. The number of tetrazole rings is 1. The number of nitrogens with one attached hydrogen (secondary N) is 1. The van der Waals surface area contributed by atoms with Gasteiger partial charge in [0.2, 0.25) is 0 Å². The molecule has 0 unspecified atom stereocenters. The molecule has 0 bridgehead atoms. The zero-order valence-electron chi connectivity index (χ0n) is 22.3. The molecule has 204 valence electrons. The zero-order chi connectivity index (χ0) is 27.9. The molecule has 0 aliphatic carbocycles. The summed E-state index contributed by atoms with van der Waals surface area (Å²) in [4.78, 5) is 33.4. The number of hydrogen-bond acceptors (Lipinski definition) is 8. The van der Waals surface area contributed by atoms with E-state index in [0.29, 0.717) is 31.1 Å². The first-order chi connectivity index (χ1) is 19.5. The summed E-state index contributed by atoms with van der Waals surface area (Å²) in [6.07, 6.45) is 5.40. The largest absolute Gasteiger partial charge is 0.489 e. The van der Waals surface area contributed by atoms with Gasteiger partial charge in [0.05, 0.1) is 25.3 Å². The third-order valence-corrected chi connectivity index (χ3v) is 6.80. The minimum Gasteiger partial charge on any atom is -0.489 e. The molecule has 2 aliphatic rings. The molecule has 1 aromatic heterocycles. The maximum Gasteiger partial charge on any atom is 0.293 e. The quantitative estimate of drug-likeness (QED) is 0.452. The van der Waals surface area contributed by atoms with Crippen LogP contribution in [0.4, 0.5) is 5.69 Å². The first-order valence-corrected chi connectivity index (χ1v) is 13.0. The topological polar surface area (TPSA) is 109 Å². The number of terminal acetylenes is 1. The predicted molar refractivity (Wildman–Crippen MR) is 149 cm³/mol. The van der Waals surface area contributed by atoms with Gasteiger partial charge in [0.25, 0.3) is 17.6 Å². The number of benzene rings is 2. The molecule has 11 heteroatoms. The summed E-state index contributed by atoms with van der Waals surface area (Å²) in [5.74, 6) is 8.60. The number of piperazine rings is 1. The maximum atomic E-state index is 13.2. The van der Waals surface area contributed by atoms with Crippen molar-refractivity contribution in [3.63, 3.8) is 0 Å². The van der Waals surface area contributed by atoms with Crippen molar-refractivity contribution in [3.8, 4) is 29.9 Å². The standard InChI is InChI=1S/C29H30N8O3/c1-3-13-35-15-17-36(18-16-35)14-7-10-22-11-12-26-25(19-22)34(2)29(39)24(21-40-26)30-28(38)27-31-33-37(32-27)20-23-8-5-4-6-9-23/h1,4-6,8-9,11-12,19,24H,13-18,20-21H2,2H3,(H,30,38)/t24-/m0/s1. The Labute approximate surface area is 233 Å². The third kappa shape index (κ3) is 6.46. The number of carbonyl (C=O) groups excluding carboxylic acids is 2. The predicted octanol–water partition coefficient (Wildman–Crippen LogP) is 0.478. The maximum absolute atomic E-state index is 13.2. The van der Waals surface area contributed by atoms with Crippen LogP contribution in [0.25, 0.3) is 0 Å². The van der Waals surface area contributed by atoms with Crippen molar-refractivity contribution < 1.29 is 14.3 Å². The molecule has 11 nitrogen and oxygen atoms in total. The van der Waals surface area contributed by atoms with E-state index in [1.165, 1.54) is 9.70 Å². The average molecular weight is 539 g/mol. The number of rotatable bonds is 6. The van der Waals surface area contributed by atoms with Gasteiger partial charge in [-0.25, -0.2) is 0 Å². The molecule has 1 N–H and O–H groups in total. The molecule has 2 aromatic carbocycles. The summed E-state index contributed by atoms with van der Waals surface area (Å²) >= 11 is 0. The Morgan fingerprint density at radius 2 is 1.85 bits per heavy atom. The van der Waals surface area contributed by atoms with E-state index in [1.807, 2.05) is 42.5 Å². The molecule has 40 heavy (non-hydrogen) atoms. The van der Waals surface area contributed by atoms with Gasteiger partial charge in [-0.05, 0) is 29.0 Å². The van der Waals surface area contributed by atoms with Gasteiger partial charge >= 0.3 is 0 Å². The summed E-state index contributed by atoms with van der Waals surface area (Å²) in [5.41, 5.74) is 2.33. The van der Waals surface area contributed by atoms with Crippen molar-refractivity contribution in [2.75, 3.05) is 57.8 Å². The van der Waals surface area contributed by atoms with Gasteiger partial charge in [-0.3, -0.25) is 19.4 Å². The lowest BCUT2D eigenvalue weighted by Gasteiger charge is -2.32. The van der Waals surface area contributed by atoms with Crippen LogP contribution in [0.3, 0.4) is 0 Å². The minimum absolute atomic E-state index is 0.0310. The van der Waals surface area contributed by atoms with Gasteiger partial charge in [0.1, 0.15) is 18.4 Å². The van der Waals surface area contributed by atoms with Crippen LogP contribution < -0.4 is 15.0 Å². The second-order valence-electron chi connectivity index (χ2n) is 9.60. The number of fused-ring (bicyclic) bond motifs is 1. The molecule has 5 rings (SSSR count). The van der Waals surface area contributed by atoms with Crippen LogP contribution in [-0.4, -0.2) is 101 Å². The Bertz CT molecular complexity index is 1460. The fraction of sp³-hybridized carbons (Fsp3) is 0.345. The van der Waals surface area contributed by atoms with E-state index in [1.54, 1.807) is 13.1 Å². The highest BCUT2D eigenvalue weighted by Crippen LogP contribution is 2.31. The fourth-order valence-electron chi connectivity index (χ4n) is 4.54. The minimum atomic E-state index is -0.923. The Balaban J connectivity index is 1.19. The molecule has 0 radical (unpaired) electrons. The van der Waals surface area contributed by atoms with E-state index in [0.717, 1.165) is 37.3 Å². The molecule has 1 atom stereocenters. The summed E-state index contributed by atoms with van der Waals surface area (Å²) in [5, 5.41) is 14.6. The van der Waals surface area contributed by atoms with Crippen molar-refractivity contribution in [1.29, 1.82) is 0 Å². The van der Waals surface area contributed by atoms with Crippen molar-refractivity contribution >= 4 is 17.5 Å². The summed E-state index contributed by atoms with van der Waals surface area (Å²) in [6, 6.07) is 14.2. The van der Waals surface area contributed by atoms with E-state index in [9.17, 15) is 9.59 Å². The molecule has 3 heterocycles. The number of ether oxygens (including phenoxy) is 1. The number of aromatic nitrogens is 4. The molecule has 0 saturated carbocycles. The number of likely N-dealkylation sites (N-methyl/N-ethyl adjacent to an activating group) is 1. The van der Waals surface area contributed by atoms with Crippen LogP contribution in [0, 0.1) is 24.2 Å². The van der Waals surface area contributed by atoms with Crippen LogP contribution in [0.5, 0.6) is 5.75 Å². The van der Waals surface area contributed by atoms with Crippen LogP contribution >= 0.6 is 0 Å². The highest BCUT2D eigenvalue weighted by molar-refractivity contribution is 6.02. The van der Waals surface area contributed by atoms with E-state index in [2.05, 4.69) is 48.3 Å². The highest BCUT2D eigenvalue weighted by Gasteiger charge is 2.32. The normalized spacial score (nSPS) is 17.6. The molecule has 2 aliphatic heterocycles. The van der Waals surface area contributed by atoms with E-state index in [4.69, 9.17) is 11.2 Å². The fourth-order valence-corrected chi connectivity index (χ4v) is 4.54. The van der Waals surface area contributed by atoms with Crippen molar-refractivity contribution in [1.82, 2.24) is 35.3 Å². The highest BCUT2D eigenvalue weighted by atomic mass is 16.5. The van der Waals surface area contributed by atoms with Crippen LogP contribution in [0.2, 0.25) is 0 Å². The molecular weight excluding hydrogens is 508 g/mol. The van der Waals surface area contributed by atoms with Crippen molar-refractivity contribution in [2.24, 2.45) is 0 Å². The van der Waals surface area contributed by atoms with Gasteiger partial charge in [0, 0.05) is 38.8 Å². The summed E-state index contributed by atoms with van der Waals surface area (Å²) < 4.78 is 5.89. The number of hydrogen-bond donors (Lipinski definition) is 1. The van der Waals surface area contributed by atoms with Crippen LogP contribution in [0.15, 0.2) is 48.5 Å². The molecular formula is C29H30N8O3. The van der Waals surface area contributed by atoms with Gasteiger partial charge in [-0.15, -0.1) is 16.6 Å². The monoisotopic (exact) mass is 538 g/mol. The first-order valence-electron chi connectivity index (χ1n) is 13.0. The zero-order valence-corrected chi connectivity index (χ0v) is 22.3. The second-order valence-corrected chi connectivity index (χ2v) is 9.60. The van der Waals surface area contributed by atoms with Gasteiger partial charge in [-0.1, -0.05) is 48.1 Å². The Kier molecular flexibility index (Phi) is 8.35. The van der Waals surface area contributed by atoms with E-state index < -0.39 is 11.9 Å². The third-order valence-electron chi connectivity index (χ3n) is 6.80. The number of amides is 2. The number of carbonyl (C=O) groups is 2. The average Bonchev–Trinajstić information content (AvgIpc) is 3.41. The lowest BCUT2D eigenvalue weighted by atomic mass is 10.1. The van der Waals surface area contributed by atoms with E-state index in [-0.39, 0.29) is 18.3 Å². The smallest absolute Gasteiger partial charge is 0.293 e. The second kappa shape index (κ2) is 12.4. The Morgan fingerprint density at radius 3 is 2.60 bits per heavy atom. The van der Waals surface area contributed by atoms with E-state index >= 15 is 0 Å². The molecule has 0 spiro atoms. The molecule has 1 saturated heterocycles. The Hall–Kier alpha value is -4.71. The van der Waals surface area contributed by atoms with Crippen LogP contribution in [0.1, 0.15) is 21.7 Å². The number of anilines is 1. The lowest BCUT2D eigenvalue weighted by Crippen LogP contribution is -2.49. The van der Waals surface area contributed by atoms with Gasteiger partial charge in [-0.2, -0.15) is 4.80 Å². The van der Waals surface area contributed by atoms with Crippen molar-refractivity contribution in [3.05, 3.63) is 65.5 Å². The van der Waals surface area contributed by atoms with Crippen molar-refractivity contribution in [2.45, 2.75) is 12.6 Å². The van der Waals surface area contributed by atoms with Crippen LogP contribution in [-0.2, 0) is 11.3 Å². The lowest BCUT2D eigenvalue weighted by molar-refractivity contribution is -0.120. The summed E-state index contributed by atoms with van der Waals surface area (Å²) in [6.45, 7) is 5.42. The SMILES string of the molecule is C#CCN1CCN(CC#Cc2ccc3c(c2)N(C)C(=O)[C@@H](NC(=O)c2nnn(Cc4ccccc4)n2)CO3)CC1. The van der Waals surface area contributed by atoms with Gasteiger partial charge in [0.15, 0.2) is 0 Å². The number of nitrogens with zero attached hydrogens (tertiary/aromatic N) is 7. The molecule has 2 amide bonds. The molecule has 3 aromatic rings. The summed E-state index contributed by atoms with van der Waals surface area (Å²) in [7, 11) is 1.65. The Morgan fingerprint density at radius 1 is 1.10 bits per heavy atom. The first kappa shape index (κ1) is 26.9. The van der Waals surface area contributed by atoms with Gasteiger partial charge < -0.3 is 15.0 Å².